The van der Waals surface area contributed by atoms with Gasteiger partial charge < -0.3 is 14.8 Å². The van der Waals surface area contributed by atoms with E-state index in [0.29, 0.717) is 41.9 Å². The molecule has 1 N–H and O–H groups in total. The van der Waals surface area contributed by atoms with Crippen LogP contribution in [0.3, 0.4) is 0 Å². The normalized spacial score (nSPS) is 13.6. The Morgan fingerprint density at radius 2 is 1.83 bits per heavy atom. The van der Waals surface area contributed by atoms with Crippen molar-refractivity contribution in [1.82, 2.24) is 15.0 Å². The maximum atomic E-state index is 13.0. The smallest absolute Gasteiger partial charge is 0.493 e. The van der Waals surface area contributed by atoms with Crippen LogP contribution >= 0.6 is 0 Å². The molecule has 4 rings (SSSR count). The molecule has 0 saturated carbocycles. The predicted octanol–water partition coefficient (Wildman–Crippen LogP) is 4.28. The average molecular weight is 499 g/mol. The fraction of sp³-hybridized carbons (Fsp3) is 0.208. The summed E-state index contributed by atoms with van der Waals surface area (Å²) in [4.78, 5) is 32.9. The molecule has 2 aromatic carbocycles. The van der Waals surface area contributed by atoms with E-state index in [0.717, 1.165) is 0 Å². The van der Waals surface area contributed by atoms with Crippen molar-refractivity contribution in [2.24, 2.45) is 5.10 Å². The molecule has 1 aliphatic heterocycles. The van der Waals surface area contributed by atoms with Crippen LogP contribution in [0.4, 0.5) is 18.9 Å². The predicted molar refractivity (Wildman–Crippen MR) is 123 cm³/mol. The number of hydrogen-bond donors (Lipinski definition) is 1. The van der Waals surface area contributed by atoms with Gasteiger partial charge >= 0.3 is 6.36 Å². The van der Waals surface area contributed by atoms with E-state index in [9.17, 15) is 22.8 Å². The number of methoxy groups -OCH3 is 1. The number of ether oxygens (including phenoxy) is 2. The number of carbonyl (C=O) groups is 2. The van der Waals surface area contributed by atoms with Gasteiger partial charge in [0.25, 0.3) is 11.8 Å². The van der Waals surface area contributed by atoms with Crippen LogP contribution < -0.4 is 14.8 Å². The van der Waals surface area contributed by atoms with Crippen LogP contribution in [-0.4, -0.2) is 52.5 Å². The summed E-state index contributed by atoms with van der Waals surface area (Å²) in [5.41, 5.74) is 1.82. The zero-order chi connectivity index (χ0) is 25.7. The van der Waals surface area contributed by atoms with Crippen molar-refractivity contribution in [2.45, 2.75) is 19.2 Å². The number of hydrogen-bond acceptors (Lipinski definition) is 7. The minimum Gasteiger partial charge on any atom is -0.493 e. The van der Waals surface area contributed by atoms with E-state index in [1.165, 1.54) is 42.8 Å². The fourth-order valence-corrected chi connectivity index (χ4v) is 3.52. The number of anilines is 1. The van der Waals surface area contributed by atoms with E-state index in [1.54, 1.807) is 30.3 Å². The van der Waals surface area contributed by atoms with Crippen LogP contribution in [0.2, 0.25) is 0 Å². The molecule has 12 heteroatoms. The Hall–Kier alpha value is -4.48. The Kier molecular flexibility index (Phi) is 7.13. The van der Waals surface area contributed by atoms with Gasteiger partial charge in [0.05, 0.1) is 12.8 Å². The quantitative estimate of drug-likeness (QED) is 0.543. The van der Waals surface area contributed by atoms with Crippen molar-refractivity contribution in [3.05, 3.63) is 77.9 Å². The lowest BCUT2D eigenvalue weighted by molar-refractivity contribution is -0.275. The molecule has 3 aromatic rings. The number of halogens is 3. The lowest BCUT2D eigenvalue weighted by Gasteiger charge is -2.24. The number of benzene rings is 2. The Morgan fingerprint density at radius 3 is 2.50 bits per heavy atom. The summed E-state index contributed by atoms with van der Waals surface area (Å²) in [6.07, 6.45) is -1.13. The molecule has 0 aliphatic carbocycles. The zero-order valence-electron chi connectivity index (χ0n) is 19.0. The van der Waals surface area contributed by atoms with E-state index in [-0.39, 0.29) is 17.4 Å². The van der Waals surface area contributed by atoms with Crippen molar-refractivity contribution in [2.75, 3.05) is 19.0 Å². The second-order valence-corrected chi connectivity index (χ2v) is 7.62. The van der Waals surface area contributed by atoms with Crippen LogP contribution in [0.15, 0.2) is 66.2 Å². The number of rotatable bonds is 6. The summed E-state index contributed by atoms with van der Waals surface area (Å²) in [6, 6.07) is 11.8. The van der Waals surface area contributed by atoms with Gasteiger partial charge in [-0.15, -0.1) is 13.2 Å². The summed E-state index contributed by atoms with van der Waals surface area (Å²) in [6.45, 7) is 0.344. The first kappa shape index (κ1) is 24.6. The molecule has 0 saturated heterocycles. The van der Waals surface area contributed by atoms with E-state index < -0.39 is 18.0 Å². The van der Waals surface area contributed by atoms with Crippen molar-refractivity contribution in [3.63, 3.8) is 0 Å². The average Bonchev–Trinajstić information content (AvgIpc) is 2.88. The maximum absolute atomic E-state index is 13.0. The molecule has 0 bridgehead atoms. The molecule has 36 heavy (non-hydrogen) atoms. The first-order valence-electron chi connectivity index (χ1n) is 10.7. The minimum absolute atomic E-state index is 0.0766. The van der Waals surface area contributed by atoms with Gasteiger partial charge in [-0.2, -0.15) is 5.10 Å². The Bertz CT molecular complexity index is 1280. The highest BCUT2D eigenvalue weighted by molar-refractivity contribution is 6.04. The molecule has 1 aliphatic rings. The third-order valence-corrected chi connectivity index (χ3v) is 5.19. The molecule has 0 unspecified atom stereocenters. The number of carbonyl (C=O) groups excluding carboxylic acids is 2. The van der Waals surface area contributed by atoms with Crippen LogP contribution in [0, 0.1) is 0 Å². The van der Waals surface area contributed by atoms with Crippen molar-refractivity contribution < 1.29 is 32.2 Å². The van der Waals surface area contributed by atoms with Gasteiger partial charge in [0.1, 0.15) is 12.0 Å². The second kappa shape index (κ2) is 10.4. The standard InChI is InChI=1S/C24H20F3N5O4/c1-35-20-9-6-16(13-21(20)36-24(25,26)27)18-3-2-12-32(31-18)23(34)15-4-7-17(8-5-15)30-22(33)19-10-11-28-14-29-19/h4-11,13-14H,2-3,12H2,1H3,(H,30,33). The van der Waals surface area contributed by atoms with Gasteiger partial charge in [-0.25, -0.2) is 15.0 Å². The monoisotopic (exact) mass is 499 g/mol. The molecule has 2 heterocycles. The van der Waals surface area contributed by atoms with E-state index in [4.69, 9.17) is 4.74 Å². The van der Waals surface area contributed by atoms with Gasteiger partial charge in [0.2, 0.25) is 0 Å². The highest BCUT2D eigenvalue weighted by Gasteiger charge is 2.33. The van der Waals surface area contributed by atoms with Crippen LogP contribution in [-0.2, 0) is 0 Å². The number of aromatic nitrogens is 2. The number of nitrogens with zero attached hydrogens (tertiary/aromatic N) is 4. The van der Waals surface area contributed by atoms with E-state index >= 15 is 0 Å². The molecular weight excluding hydrogens is 479 g/mol. The summed E-state index contributed by atoms with van der Waals surface area (Å²) >= 11 is 0. The zero-order valence-corrected chi connectivity index (χ0v) is 19.0. The lowest BCUT2D eigenvalue weighted by atomic mass is 10.0. The highest BCUT2D eigenvalue weighted by Crippen LogP contribution is 2.34. The van der Waals surface area contributed by atoms with Gasteiger partial charge in [0, 0.05) is 29.6 Å². The fourth-order valence-electron chi connectivity index (χ4n) is 3.52. The summed E-state index contributed by atoms with van der Waals surface area (Å²) in [7, 11) is 1.24. The molecule has 0 spiro atoms. The Labute approximate surface area is 203 Å². The second-order valence-electron chi connectivity index (χ2n) is 7.62. The largest absolute Gasteiger partial charge is 0.573 e. The number of hydrazone groups is 1. The van der Waals surface area contributed by atoms with Gasteiger partial charge in [-0.1, -0.05) is 0 Å². The summed E-state index contributed by atoms with van der Waals surface area (Å²) in [5.74, 6) is -1.38. The van der Waals surface area contributed by atoms with Gasteiger partial charge in [0.15, 0.2) is 11.5 Å². The molecule has 0 fully saturated rings. The van der Waals surface area contributed by atoms with Gasteiger partial charge in [-0.05, 0) is 61.4 Å². The molecule has 0 radical (unpaired) electrons. The lowest BCUT2D eigenvalue weighted by Crippen LogP contribution is -2.32. The number of alkyl halides is 3. The Balaban J connectivity index is 1.49. The first-order chi connectivity index (χ1) is 17.2. The van der Waals surface area contributed by atoms with Crippen molar-refractivity contribution in [1.29, 1.82) is 0 Å². The minimum atomic E-state index is -4.89. The molecule has 186 valence electrons. The van der Waals surface area contributed by atoms with Crippen molar-refractivity contribution in [3.8, 4) is 11.5 Å². The Morgan fingerprint density at radius 1 is 1.06 bits per heavy atom. The third kappa shape index (κ3) is 5.95. The number of amides is 2. The van der Waals surface area contributed by atoms with Crippen LogP contribution in [0.25, 0.3) is 0 Å². The topological polar surface area (TPSA) is 106 Å². The first-order valence-corrected chi connectivity index (χ1v) is 10.7. The molecular formula is C24H20F3N5O4. The SMILES string of the molecule is COc1ccc(C2=NN(C(=O)c3ccc(NC(=O)c4ccncn4)cc3)CCC2)cc1OC(F)(F)F. The summed E-state index contributed by atoms with van der Waals surface area (Å²) in [5, 5.41) is 8.32. The molecule has 2 amide bonds. The number of nitrogens with one attached hydrogen (secondary N) is 1. The highest BCUT2D eigenvalue weighted by atomic mass is 19.4. The van der Waals surface area contributed by atoms with Crippen molar-refractivity contribution >= 4 is 23.2 Å². The van der Waals surface area contributed by atoms with Gasteiger partial charge in [-0.3, -0.25) is 9.59 Å². The summed E-state index contributed by atoms with van der Waals surface area (Å²) < 4.78 is 47.4. The van der Waals surface area contributed by atoms with Crippen LogP contribution in [0.5, 0.6) is 11.5 Å². The molecule has 9 nitrogen and oxygen atoms in total. The van der Waals surface area contributed by atoms with E-state index in [1.807, 2.05) is 0 Å². The maximum Gasteiger partial charge on any atom is 0.573 e. The molecule has 1 aromatic heterocycles. The molecule has 0 atom stereocenters. The van der Waals surface area contributed by atoms with E-state index in [2.05, 4.69) is 25.1 Å². The third-order valence-electron chi connectivity index (χ3n) is 5.19. The van der Waals surface area contributed by atoms with Crippen LogP contribution in [0.1, 0.15) is 39.3 Å².